The number of rotatable bonds is 3. The first-order valence-corrected chi connectivity index (χ1v) is 5.09. The molecule has 0 unspecified atom stereocenters. The van der Waals surface area contributed by atoms with Crippen LogP contribution in [0, 0.1) is 5.95 Å². The van der Waals surface area contributed by atoms with Crippen LogP contribution in [-0.4, -0.2) is 16.1 Å². The number of carbonyl (C=O) groups is 1. The smallest absolute Gasteiger partial charge is 0.307 e. The van der Waals surface area contributed by atoms with Gasteiger partial charge in [-0.1, -0.05) is 30.3 Å². The van der Waals surface area contributed by atoms with Gasteiger partial charge in [0, 0.05) is 11.8 Å². The number of halogens is 1. The molecule has 2 rings (SSSR count). The number of aromatic nitrogens is 1. The molecule has 0 aliphatic rings. The van der Waals surface area contributed by atoms with Gasteiger partial charge in [-0.3, -0.25) is 4.79 Å². The van der Waals surface area contributed by atoms with E-state index in [0.29, 0.717) is 11.1 Å². The maximum atomic E-state index is 13.7. The van der Waals surface area contributed by atoms with Gasteiger partial charge in [0.05, 0.1) is 6.42 Å². The summed E-state index contributed by atoms with van der Waals surface area (Å²) in [5.41, 5.74) is 1.32. The summed E-state index contributed by atoms with van der Waals surface area (Å²) in [5, 5.41) is 8.79. The maximum absolute atomic E-state index is 13.7. The fourth-order valence-electron chi connectivity index (χ4n) is 1.69. The molecule has 86 valence electrons. The van der Waals surface area contributed by atoms with Crippen molar-refractivity contribution in [2.24, 2.45) is 0 Å². The Bertz CT molecular complexity index is 540. The van der Waals surface area contributed by atoms with E-state index < -0.39 is 11.9 Å². The molecule has 1 aromatic heterocycles. The van der Waals surface area contributed by atoms with Gasteiger partial charge in [0.25, 0.3) is 0 Å². The van der Waals surface area contributed by atoms with Crippen molar-refractivity contribution in [2.45, 2.75) is 6.42 Å². The van der Waals surface area contributed by atoms with E-state index in [1.807, 2.05) is 6.07 Å². The Balaban J connectivity index is 2.55. The SMILES string of the molecule is O=C(O)Cc1ccnc(F)c1-c1ccccc1. The molecule has 0 bridgehead atoms. The van der Waals surface area contributed by atoms with E-state index in [1.165, 1.54) is 12.3 Å². The lowest BCUT2D eigenvalue weighted by molar-refractivity contribution is -0.136. The molecule has 0 atom stereocenters. The number of nitrogens with zero attached hydrogens (tertiary/aromatic N) is 1. The van der Waals surface area contributed by atoms with Crippen LogP contribution in [0.2, 0.25) is 0 Å². The number of carboxylic acid groups (broad SMARTS) is 1. The zero-order valence-corrected chi connectivity index (χ0v) is 8.93. The van der Waals surface area contributed by atoms with Crippen molar-refractivity contribution in [3.63, 3.8) is 0 Å². The first kappa shape index (κ1) is 11.3. The van der Waals surface area contributed by atoms with E-state index in [-0.39, 0.29) is 12.0 Å². The van der Waals surface area contributed by atoms with E-state index in [9.17, 15) is 9.18 Å². The minimum absolute atomic E-state index is 0.219. The van der Waals surface area contributed by atoms with Gasteiger partial charge in [0.2, 0.25) is 5.95 Å². The molecule has 2 aromatic rings. The molecular weight excluding hydrogens is 221 g/mol. The summed E-state index contributed by atoms with van der Waals surface area (Å²) < 4.78 is 13.7. The lowest BCUT2D eigenvalue weighted by Crippen LogP contribution is -2.04. The van der Waals surface area contributed by atoms with Crippen molar-refractivity contribution in [1.29, 1.82) is 0 Å². The highest BCUT2D eigenvalue weighted by molar-refractivity contribution is 5.76. The molecule has 0 saturated heterocycles. The van der Waals surface area contributed by atoms with Crippen LogP contribution in [0.5, 0.6) is 0 Å². The van der Waals surface area contributed by atoms with Crippen LogP contribution in [0.3, 0.4) is 0 Å². The Labute approximate surface area is 97.6 Å². The second kappa shape index (κ2) is 4.74. The van der Waals surface area contributed by atoms with E-state index in [0.717, 1.165) is 0 Å². The van der Waals surface area contributed by atoms with Crippen molar-refractivity contribution in [2.75, 3.05) is 0 Å². The van der Waals surface area contributed by atoms with Crippen molar-refractivity contribution in [3.8, 4) is 11.1 Å². The van der Waals surface area contributed by atoms with Crippen LogP contribution in [0.4, 0.5) is 4.39 Å². The van der Waals surface area contributed by atoms with E-state index in [4.69, 9.17) is 5.11 Å². The monoisotopic (exact) mass is 231 g/mol. The van der Waals surface area contributed by atoms with Crippen molar-refractivity contribution < 1.29 is 14.3 Å². The van der Waals surface area contributed by atoms with Crippen LogP contribution in [0.25, 0.3) is 11.1 Å². The fourth-order valence-corrected chi connectivity index (χ4v) is 1.69. The summed E-state index contributed by atoms with van der Waals surface area (Å²) >= 11 is 0. The zero-order valence-electron chi connectivity index (χ0n) is 8.93. The maximum Gasteiger partial charge on any atom is 0.307 e. The zero-order chi connectivity index (χ0) is 12.3. The lowest BCUT2D eigenvalue weighted by Gasteiger charge is -2.08. The van der Waals surface area contributed by atoms with Crippen LogP contribution >= 0.6 is 0 Å². The average molecular weight is 231 g/mol. The molecule has 0 amide bonds. The number of hydrogen-bond donors (Lipinski definition) is 1. The molecular formula is C13H10FNO2. The third kappa shape index (κ3) is 2.47. The second-order valence-corrected chi connectivity index (χ2v) is 3.57. The number of pyridine rings is 1. The Kier molecular flexibility index (Phi) is 3.14. The molecule has 17 heavy (non-hydrogen) atoms. The van der Waals surface area contributed by atoms with Gasteiger partial charge < -0.3 is 5.11 Å². The second-order valence-electron chi connectivity index (χ2n) is 3.57. The Morgan fingerprint density at radius 2 is 1.94 bits per heavy atom. The third-order valence-corrected chi connectivity index (χ3v) is 2.40. The van der Waals surface area contributed by atoms with Gasteiger partial charge in [-0.15, -0.1) is 0 Å². The molecule has 0 spiro atoms. The third-order valence-electron chi connectivity index (χ3n) is 2.40. The van der Waals surface area contributed by atoms with E-state index in [1.54, 1.807) is 24.3 Å². The van der Waals surface area contributed by atoms with Crippen LogP contribution in [-0.2, 0) is 11.2 Å². The lowest BCUT2D eigenvalue weighted by atomic mass is 10.00. The summed E-state index contributed by atoms with van der Waals surface area (Å²) in [5.74, 6) is -1.64. The average Bonchev–Trinajstić information content (AvgIpc) is 2.29. The van der Waals surface area contributed by atoms with Crippen LogP contribution in [0.15, 0.2) is 42.6 Å². The van der Waals surface area contributed by atoms with Gasteiger partial charge in [0.1, 0.15) is 0 Å². The minimum atomic E-state index is -0.993. The first-order chi connectivity index (χ1) is 8.18. The molecule has 0 radical (unpaired) electrons. The molecule has 0 aliphatic carbocycles. The predicted octanol–water partition coefficient (Wildman–Crippen LogP) is 2.51. The van der Waals surface area contributed by atoms with E-state index in [2.05, 4.69) is 4.98 Å². The Morgan fingerprint density at radius 3 is 2.59 bits per heavy atom. The van der Waals surface area contributed by atoms with Crippen molar-refractivity contribution in [3.05, 3.63) is 54.1 Å². The summed E-state index contributed by atoms with van der Waals surface area (Å²) in [4.78, 5) is 14.3. The normalized spacial score (nSPS) is 10.2. The number of hydrogen-bond acceptors (Lipinski definition) is 2. The van der Waals surface area contributed by atoms with Gasteiger partial charge in [0.15, 0.2) is 0 Å². The van der Waals surface area contributed by atoms with Crippen molar-refractivity contribution >= 4 is 5.97 Å². The summed E-state index contributed by atoms with van der Waals surface area (Å²) in [7, 11) is 0. The topological polar surface area (TPSA) is 50.2 Å². The minimum Gasteiger partial charge on any atom is -0.481 e. The molecule has 1 aromatic carbocycles. The molecule has 0 fully saturated rings. The standard InChI is InChI=1S/C13H10FNO2/c14-13-12(9-4-2-1-3-5-9)10(6-7-15-13)8-11(16)17/h1-7H,8H2,(H,16,17). The highest BCUT2D eigenvalue weighted by atomic mass is 19.1. The molecule has 3 nitrogen and oxygen atoms in total. The molecule has 0 aliphatic heterocycles. The van der Waals surface area contributed by atoms with E-state index >= 15 is 0 Å². The summed E-state index contributed by atoms with van der Waals surface area (Å²) in [6, 6.07) is 10.3. The summed E-state index contributed by atoms with van der Waals surface area (Å²) in [6.45, 7) is 0. The summed E-state index contributed by atoms with van der Waals surface area (Å²) in [6.07, 6.45) is 1.06. The number of benzene rings is 1. The van der Waals surface area contributed by atoms with Crippen molar-refractivity contribution in [1.82, 2.24) is 4.98 Å². The molecule has 4 heteroatoms. The van der Waals surface area contributed by atoms with Gasteiger partial charge in [-0.25, -0.2) is 4.98 Å². The molecule has 1 N–H and O–H groups in total. The van der Waals surface area contributed by atoms with Crippen LogP contribution in [0.1, 0.15) is 5.56 Å². The number of carboxylic acids is 1. The Hall–Kier alpha value is -2.23. The largest absolute Gasteiger partial charge is 0.481 e. The predicted molar refractivity (Wildman–Crippen MR) is 61.0 cm³/mol. The number of aliphatic carboxylic acids is 1. The first-order valence-electron chi connectivity index (χ1n) is 5.09. The fraction of sp³-hybridized carbons (Fsp3) is 0.0769. The van der Waals surface area contributed by atoms with Crippen LogP contribution < -0.4 is 0 Å². The molecule has 1 heterocycles. The highest BCUT2D eigenvalue weighted by Crippen LogP contribution is 2.25. The molecule has 0 saturated carbocycles. The van der Waals surface area contributed by atoms with Gasteiger partial charge >= 0.3 is 5.97 Å². The Morgan fingerprint density at radius 1 is 1.24 bits per heavy atom. The van der Waals surface area contributed by atoms with Gasteiger partial charge in [-0.2, -0.15) is 4.39 Å². The quantitative estimate of drug-likeness (QED) is 0.826. The highest BCUT2D eigenvalue weighted by Gasteiger charge is 2.13. The van der Waals surface area contributed by atoms with Gasteiger partial charge in [-0.05, 0) is 17.2 Å².